The third-order valence-corrected chi connectivity index (χ3v) is 3.27. The molecule has 0 saturated carbocycles. The Morgan fingerprint density at radius 3 is 2.81 bits per heavy atom. The van der Waals surface area contributed by atoms with Gasteiger partial charge in [0.05, 0.1) is 0 Å². The van der Waals surface area contributed by atoms with Gasteiger partial charge in [-0.25, -0.2) is 4.98 Å². The highest BCUT2D eigenvalue weighted by atomic mass is 15.2. The Morgan fingerprint density at radius 1 is 1.24 bits per heavy atom. The van der Waals surface area contributed by atoms with Crippen LogP contribution in [0.15, 0.2) is 30.6 Å². The average Bonchev–Trinajstić information content (AvgIpc) is 2.53. The molecular weight excluding hydrogens is 262 g/mol. The largest absolute Gasteiger partial charge is 0.359 e. The number of hydrogen-bond acceptors (Lipinski definition) is 5. The number of likely N-dealkylation sites (N-methyl/N-ethyl adjacent to an activating group) is 1. The Labute approximate surface area is 126 Å². The first kappa shape index (κ1) is 15.2. The summed E-state index contributed by atoms with van der Waals surface area (Å²) in [4.78, 5) is 15.4. The van der Waals surface area contributed by atoms with Crippen LogP contribution in [0.1, 0.15) is 24.6 Å². The van der Waals surface area contributed by atoms with Crippen molar-refractivity contribution in [3.63, 3.8) is 0 Å². The molecule has 0 aliphatic carbocycles. The average molecular weight is 285 g/mol. The van der Waals surface area contributed by atoms with Crippen LogP contribution in [-0.4, -0.2) is 35.1 Å². The molecule has 2 rings (SSSR count). The van der Waals surface area contributed by atoms with Crippen molar-refractivity contribution in [3.8, 4) is 0 Å². The fourth-order valence-corrected chi connectivity index (χ4v) is 2.08. The van der Waals surface area contributed by atoms with Gasteiger partial charge in [-0.15, -0.1) is 0 Å². The smallest absolute Gasteiger partial charge is 0.224 e. The van der Waals surface area contributed by atoms with Gasteiger partial charge in [-0.1, -0.05) is 13.0 Å². The van der Waals surface area contributed by atoms with Gasteiger partial charge in [-0.05, 0) is 25.5 Å². The second kappa shape index (κ2) is 7.57. The minimum absolute atomic E-state index is 0.696. The van der Waals surface area contributed by atoms with E-state index >= 15 is 0 Å². The zero-order valence-corrected chi connectivity index (χ0v) is 13.0. The molecule has 0 bridgehead atoms. The van der Waals surface area contributed by atoms with Gasteiger partial charge in [-0.3, -0.25) is 4.98 Å². The number of rotatable bonds is 7. The van der Waals surface area contributed by atoms with E-state index in [9.17, 15) is 0 Å². The maximum Gasteiger partial charge on any atom is 0.224 e. The molecule has 0 atom stereocenters. The molecule has 112 valence electrons. The Hall–Kier alpha value is -2.17. The molecule has 5 heteroatoms. The van der Waals surface area contributed by atoms with Crippen molar-refractivity contribution in [2.24, 2.45) is 0 Å². The molecule has 2 aromatic rings. The fraction of sp³-hybridized carbons (Fsp3) is 0.438. The number of aromatic nitrogens is 3. The van der Waals surface area contributed by atoms with E-state index in [0.29, 0.717) is 5.95 Å². The first-order valence-electron chi connectivity index (χ1n) is 7.39. The molecule has 2 heterocycles. The molecule has 5 nitrogen and oxygen atoms in total. The molecule has 0 radical (unpaired) electrons. The van der Waals surface area contributed by atoms with Crippen molar-refractivity contribution in [3.05, 3.63) is 41.9 Å². The van der Waals surface area contributed by atoms with E-state index in [2.05, 4.69) is 45.2 Å². The molecule has 0 saturated heterocycles. The van der Waals surface area contributed by atoms with Crippen LogP contribution < -0.4 is 10.2 Å². The van der Waals surface area contributed by atoms with Gasteiger partial charge in [-0.2, -0.15) is 4.98 Å². The highest BCUT2D eigenvalue weighted by molar-refractivity contribution is 5.48. The lowest BCUT2D eigenvalue weighted by molar-refractivity contribution is 0.829. The Morgan fingerprint density at radius 2 is 2.10 bits per heavy atom. The molecule has 0 unspecified atom stereocenters. The second-order valence-electron chi connectivity index (χ2n) is 5.12. The summed E-state index contributed by atoms with van der Waals surface area (Å²) in [6, 6.07) is 6.01. The van der Waals surface area contributed by atoms with Crippen molar-refractivity contribution in [1.82, 2.24) is 15.0 Å². The molecular formula is C16H23N5. The van der Waals surface area contributed by atoms with Crippen molar-refractivity contribution in [2.75, 3.05) is 30.4 Å². The van der Waals surface area contributed by atoms with Crippen LogP contribution in [-0.2, 0) is 6.42 Å². The van der Waals surface area contributed by atoms with Crippen LogP contribution >= 0.6 is 0 Å². The summed E-state index contributed by atoms with van der Waals surface area (Å²) in [7, 11) is 2.06. The van der Waals surface area contributed by atoms with Gasteiger partial charge in [0.1, 0.15) is 5.82 Å². The Kier molecular flexibility index (Phi) is 5.49. The number of anilines is 2. The summed E-state index contributed by atoms with van der Waals surface area (Å²) < 4.78 is 0. The van der Waals surface area contributed by atoms with Gasteiger partial charge in [0.25, 0.3) is 0 Å². The summed E-state index contributed by atoms with van der Waals surface area (Å²) in [5.74, 6) is 1.67. The van der Waals surface area contributed by atoms with Crippen LogP contribution in [0.4, 0.5) is 11.8 Å². The molecule has 0 aromatic carbocycles. The topological polar surface area (TPSA) is 53.9 Å². The van der Waals surface area contributed by atoms with Crippen LogP contribution in [0.2, 0.25) is 0 Å². The molecule has 2 aromatic heterocycles. The van der Waals surface area contributed by atoms with E-state index < -0.39 is 0 Å². The number of hydrogen-bond donors (Lipinski definition) is 1. The van der Waals surface area contributed by atoms with E-state index in [4.69, 9.17) is 0 Å². The van der Waals surface area contributed by atoms with E-state index in [1.807, 2.05) is 31.5 Å². The zero-order chi connectivity index (χ0) is 15.1. The van der Waals surface area contributed by atoms with E-state index in [1.54, 1.807) is 0 Å². The maximum absolute atomic E-state index is 4.61. The van der Waals surface area contributed by atoms with Crippen LogP contribution in [0.25, 0.3) is 0 Å². The lowest BCUT2D eigenvalue weighted by Gasteiger charge is -2.20. The first-order valence-corrected chi connectivity index (χ1v) is 7.39. The normalized spacial score (nSPS) is 10.4. The van der Waals surface area contributed by atoms with Crippen molar-refractivity contribution >= 4 is 11.8 Å². The molecule has 1 N–H and O–H groups in total. The Balaban J connectivity index is 2.02. The standard InChI is InChI=1S/C16H23N5/c1-4-9-18-16-19-12-13(2)15(20-16)21(3)11-8-14-7-5-6-10-17-14/h5-7,10,12H,4,8-9,11H2,1-3H3,(H,18,19,20). The predicted octanol–water partition coefficient (Wildman–Crippen LogP) is 2.68. The predicted molar refractivity (Wildman–Crippen MR) is 86.8 cm³/mol. The molecule has 0 aliphatic rings. The van der Waals surface area contributed by atoms with Gasteiger partial charge >= 0.3 is 0 Å². The first-order chi connectivity index (χ1) is 10.2. The second-order valence-corrected chi connectivity index (χ2v) is 5.12. The third kappa shape index (κ3) is 4.41. The number of nitrogens with zero attached hydrogens (tertiary/aromatic N) is 4. The lowest BCUT2D eigenvalue weighted by atomic mass is 10.2. The summed E-state index contributed by atoms with van der Waals surface area (Å²) in [6.07, 6.45) is 5.66. The van der Waals surface area contributed by atoms with Gasteiger partial charge in [0, 0.05) is 50.2 Å². The number of aryl methyl sites for hydroxylation is 1. The molecule has 21 heavy (non-hydrogen) atoms. The number of pyridine rings is 1. The van der Waals surface area contributed by atoms with E-state index in [0.717, 1.165) is 43.0 Å². The van der Waals surface area contributed by atoms with Gasteiger partial charge in [0.15, 0.2) is 0 Å². The summed E-state index contributed by atoms with van der Waals surface area (Å²) in [5, 5.41) is 3.23. The van der Waals surface area contributed by atoms with Crippen molar-refractivity contribution in [1.29, 1.82) is 0 Å². The monoisotopic (exact) mass is 285 g/mol. The number of nitrogens with one attached hydrogen (secondary N) is 1. The van der Waals surface area contributed by atoms with Crippen molar-refractivity contribution < 1.29 is 0 Å². The highest BCUT2D eigenvalue weighted by Gasteiger charge is 2.09. The molecule has 0 aliphatic heterocycles. The molecule has 0 fully saturated rings. The van der Waals surface area contributed by atoms with E-state index in [-0.39, 0.29) is 0 Å². The van der Waals surface area contributed by atoms with Crippen LogP contribution in [0.3, 0.4) is 0 Å². The lowest BCUT2D eigenvalue weighted by Crippen LogP contribution is -2.23. The SMILES string of the molecule is CCCNc1ncc(C)c(N(C)CCc2ccccn2)n1. The minimum atomic E-state index is 0.696. The quantitative estimate of drug-likeness (QED) is 0.847. The summed E-state index contributed by atoms with van der Waals surface area (Å²) >= 11 is 0. The third-order valence-electron chi connectivity index (χ3n) is 3.27. The van der Waals surface area contributed by atoms with Crippen LogP contribution in [0, 0.1) is 6.92 Å². The van der Waals surface area contributed by atoms with E-state index in [1.165, 1.54) is 0 Å². The summed E-state index contributed by atoms with van der Waals surface area (Å²) in [6.45, 7) is 5.93. The minimum Gasteiger partial charge on any atom is -0.359 e. The van der Waals surface area contributed by atoms with Crippen molar-refractivity contribution in [2.45, 2.75) is 26.7 Å². The van der Waals surface area contributed by atoms with Crippen LogP contribution in [0.5, 0.6) is 0 Å². The van der Waals surface area contributed by atoms with Gasteiger partial charge < -0.3 is 10.2 Å². The van der Waals surface area contributed by atoms with Gasteiger partial charge in [0.2, 0.25) is 5.95 Å². The molecule has 0 amide bonds. The molecule has 0 spiro atoms. The fourth-order valence-electron chi connectivity index (χ4n) is 2.08. The zero-order valence-electron chi connectivity index (χ0n) is 13.0. The maximum atomic E-state index is 4.61. The highest BCUT2D eigenvalue weighted by Crippen LogP contribution is 2.17. The Bertz CT molecular complexity index is 556. The summed E-state index contributed by atoms with van der Waals surface area (Å²) in [5.41, 5.74) is 2.18.